The van der Waals surface area contributed by atoms with E-state index in [0.29, 0.717) is 0 Å². The third-order valence-corrected chi connectivity index (χ3v) is 2.44. The van der Waals surface area contributed by atoms with E-state index in [-0.39, 0.29) is 0 Å². The van der Waals surface area contributed by atoms with Crippen LogP contribution >= 0.6 is 11.6 Å². The molecule has 2 rings (SSSR count). The van der Waals surface area contributed by atoms with Gasteiger partial charge in [-0.25, -0.2) is 0 Å². The summed E-state index contributed by atoms with van der Waals surface area (Å²) in [4.78, 5) is 0. The van der Waals surface area contributed by atoms with E-state index in [4.69, 9.17) is 18.0 Å². The van der Waals surface area contributed by atoms with Crippen LogP contribution in [-0.4, -0.2) is 0 Å². The molecule has 0 saturated heterocycles. The topological polar surface area (TPSA) is 0 Å². The van der Waals surface area contributed by atoms with Gasteiger partial charge in [0.1, 0.15) is 0 Å². The summed E-state index contributed by atoms with van der Waals surface area (Å²) in [7, 11) is 0. The van der Waals surface area contributed by atoms with E-state index in [2.05, 4.69) is 5.92 Å². The summed E-state index contributed by atoms with van der Waals surface area (Å²) in [5.74, 6) is 2.59. The van der Waals surface area contributed by atoms with Gasteiger partial charge in [0.05, 0.1) is 0 Å². The molecule has 0 bridgehead atoms. The predicted molar refractivity (Wildman–Crippen MR) is 64.8 cm³/mol. The van der Waals surface area contributed by atoms with E-state index >= 15 is 0 Å². The first-order chi connectivity index (χ1) is 7.29. The highest BCUT2D eigenvalue weighted by atomic mass is 35.5. The Bertz CT molecular complexity index is 504. The van der Waals surface area contributed by atoms with Gasteiger partial charge < -0.3 is 0 Å². The standard InChI is InChI=1S/C14H9Cl/c1-2-11-6-8-12(9-7-11)13-4-3-5-14(15)10-13/h1,3-10H. The average Bonchev–Trinajstić information content (AvgIpc) is 2.29. The van der Waals surface area contributed by atoms with Gasteiger partial charge in [-0.3, -0.25) is 0 Å². The van der Waals surface area contributed by atoms with Gasteiger partial charge in [-0.1, -0.05) is 41.8 Å². The van der Waals surface area contributed by atoms with Gasteiger partial charge in [-0.05, 0) is 35.4 Å². The van der Waals surface area contributed by atoms with Crippen molar-refractivity contribution < 1.29 is 0 Å². The number of hydrogen-bond donors (Lipinski definition) is 0. The Balaban J connectivity index is 2.42. The Morgan fingerprint density at radius 1 is 0.933 bits per heavy atom. The van der Waals surface area contributed by atoms with Crippen LogP contribution in [0.5, 0.6) is 0 Å². The minimum absolute atomic E-state index is 0.744. The van der Waals surface area contributed by atoms with Crippen molar-refractivity contribution in [3.63, 3.8) is 0 Å². The van der Waals surface area contributed by atoms with Gasteiger partial charge in [0.2, 0.25) is 0 Å². The van der Waals surface area contributed by atoms with Crippen LogP contribution in [-0.2, 0) is 0 Å². The highest BCUT2D eigenvalue weighted by Crippen LogP contribution is 2.22. The molecule has 0 spiro atoms. The highest BCUT2D eigenvalue weighted by Gasteiger charge is 1.97. The van der Waals surface area contributed by atoms with Crippen LogP contribution in [0.25, 0.3) is 11.1 Å². The fraction of sp³-hybridized carbons (Fsp3) is 0. The molecular formula is C14H9Cl. The van der Waals surface area contributed by atoms with Crippen LogP contribution in [0.1, 0.15) is 5.56 Å². The second kappa shape index (κ2) is 4.21. The zero-order chi connectivity index (χ0) is 10.7. The quantitative estimate of drug-likeness (QED) is 0.627. The molecule has 0 atom stereocenters. The van der Waals surface area contributed by atoms with Gasteiger partial charge in [0.25, 0.3) is 0 Å². The molecule has 72 valence electrons. The Kier molecular flexibility index (Phi) is 2.76. The molecule has 2 aromatic rings. The lowest BCUT2D eigenvalue weighted by Crippen LogP contribution is -1.78. The van der Waals surface area contributed by atoms with Gasteiger partial charge in [0.15, 0.2) is 0 Å². The number of rotatable bonds is 1. The summed E-state index contributed by atoms with van der Waals surface area (Å²) in [5.41, 5.74) is 3.11. The third kappa shape index (κ3) is 2.21. The summed E-state index contributed by atoms with van der Waals surface area (Å²) < 4.78 is 0. The summed E-state index contributed by atoms with van der Waals surface area (Å²) in [6, 6.07) is 15.6. The molecule has 0 unspecified atom stereocenters. The van der Waals surface area contributed by atoms with Crippen molar-refractivity contribution in [2.24, 2.45) is 0 Å². The van der Waals surface area contributed by atoms with Crippen molar-refractivity contribution in [3.05, 3.63) is 59.1 Å². The van der Waals surface area contributed by atoms with Gasteiger partial charge in [0, 0.05) is 10.6 Å². The molecular weight excluding hydrogens is 204 g/mol. The maximum absolute atomic E-state index is 5.92. The Morgan fingerprint density at radius 2 is 1.67 bits per heavy atom. The number of benzene rings is 2. The molecule has 0 aliphatic rings. The van der Waals surface area contributed by atoms with E-state index in [1.807, 2.05) is 48.5 Å². The van der Waals surface area contributed by atoms with Crippen LogP contribution in [0.15, 0.2) is 48.5 Å². The molecule has 0 fully saturated rings. The molecule has 0 saturated carbocycles. The molecule has 0 aliphatic heterocycles. The van der Waals surface area contributed by atoms with E-state index in [0.717, 1.165) is 21.7 Å². The maximum Gasteiger partial charge on any atom is 0.0412 e. The van der Waals surface area contributed by atoms with E-state index in [1.54, 1.807) is 0 Å². The number of halogens is 1. The highest BCUT2D eigenvalue weighted by molar-refractivity contribution is 6.30. The molecule has 2 aromatic carbocycles. The van der Waals surface area contributed by atoms with E-state index < -0.39 is 0 Å². The van der Waals surface area contributed by atoms with Crippen molar-refractivity contribution in [1.29, 1.82) is 0 Å². The zero-order valence-corrected chi connectivity index (χ0v) is 8.83. The number of terminal acetylenes is 1. The predicted octanol–water partition coefficient (Wildman–Crippen LogP) is 3.99. The molecule has 0 N–H and O–H groups in total. The minimum Gasteiger partial charge on any atom is -0.115 e. The molecule has 0 nitrogen and oxygen atoms in total. The van der Waals surface area contributed by atoms with Crippen molar-refractivity contribution in [1.82, 2.24) is 0 Å². The molecule has 0 aromatic heterocycles. The molecule has 0 radical (unpaired) electrons. The molecule has 0 amide bonds. The summed E-state index contributed by atoms with van der Waals surface area (Å²) in [5, 5.41) is 0.744. The fourth-order valence-electron chi connectivity index (χ4n) is 1.43. The second-order valence-corrected chi connectivity index (χ2v) is 3.67. The summed E-state index contributed by atoms with van der Waals surface area (Å²) in [6.07, 6.45) is 5.29. The number of hydrogen-bond acceptors (Lipinski definition) is 0. The first-order valence-electron chi connectivity index (χ1n) is 4.62. The lowest BCUT2D eigenvalue weighted by Gasteiger charge is -2.01. The van der Waals surface area contributed by atoms with Gasteiger partial charge in [-0.2, -0.15) is 0 Å². The Morgan fingerprint density at radius 3 is 2.27 bits per heavy atom. The van der Waals surface area contributed by atoms with Crippen LogP contribution in [0, 0.1) is 12.3 Å². The smallest absolute Gasteiger partial charge is 0.0412 e. The van der Waals surface area contributed by atoms with Gasteiger partial charge >= 0.3 is 0 Å². The van der Waals surface area contributed by atoms with Crippen LogP contribution < -0.4 is 0 Å². The molecule has 15 heavy (non-hydrogen) atoms. The van der Waals surface area contributed by atoms with Crippen molar-refractivity contribution in [2.45, 2.75) is 0 Å². The fourth-order valence-corrected chi connectivity index (χ4v) is 1.62. The van der Waals surface area contributed by atoms with E-state index in [9.17, 15) is 0 Å². The van der Waals surface area contributed by atoms with Crippen LogP contribution in [0.3, 0.4) is 0 Å². The normalized spacial score (nSPS) is 9.60. The minimum atomic E-state index is 0.744. The van der Waals surface area contributed by atoms with Crippen molar-refractivity contribution in [2.75, 3.05) is 0 Å². The van der Waals surface area contributed by atoms with Crippen molar-refractivity contribution >= 4 is 11.6 Å². The maximum atomic E-state index is 5.92. The Labute approximate surface area is 94.5 Å². The first kappa shape index (κ1) is 9.83. The van der Waals surface area contributed by atoms with Gasteiger partial charge in [-0.15, -0.1) is 6.42 Å². The third-order valence-electron chi connectivity index (χ3n) is 2.21. The van der Waals surface area contributed by atoms with E-state index in [1.165, 1.54) is 0 Å². The second-order valence-electron chi connectivity index (χ2n) is 3.23. The monoisotopic (exact) mass is 212 g/mol. The first-order valence-corrected chi connectivity index (χ1v) is 5.00. The lowest BCUT2D eigenvalue weighted by atomic mass is 10.0. The largest absolute Gasteiger partial charge is 0.115 e. The summed E-state index contributed by atoms with van der Waals surface area (Å²) >= 11 is 5.92. The summed E-state index contributed by atoms with van der Waals surface area (Å²) in [6.45, 7) is 0. The molecule has 1 heteroatoms. The SMILES string of the molecule is C#Cc1ccc(-c2cccc(Cl)c2)cc1. The van der Waals surface area contributed by atoms with Crippen molar-refractivity contribution in [3.8, 4) is 23.5 Å². The Hall–Kier alpha value is -1.71. The van der Waals surface area contributed by atoms with Crippen LogP contribution in [0.4, 0.5) is 0 Å². The molecule has 0 aliphatic carbocycles. The average molecular weight is 213 g/mol. The van der Waals surface area contributed by atoms with Crippen LogP contribution in [0.2, 0.25) is 5.02 Å². The lowest BCUT2D eigenvalue weighted by molar-refractivity contribution is 1.59. The zero-order valence-electron chi connectivity index (χ0n) is 8.07. The molecule has 0 heterocycles.